The van der Waals surface area contributed by atoms with Gasteiger partial charge in [0.2, 0.25) is 0 Å². The first kappa shape index (κ1) is 14.9. The fraction of sp³-hybridized carbons (Fsp3) is 0.267. The summed E-state index contributed by atoms with van der Waals surface area (Å²) >= 11 is 0. The fourth-order valence-corrected chi connectivity index (χ4v) is 2.30. The standard InChI is InChI=1S/C15H17N7O/c1-9-5-6-13(10(2)17-9)18-15(23)14-11(3)22(20-19-14)12-7-16-21(4)8-12/h5-8H,1-4H3,(H,18,23). The van der Waals surface area contributed by atoms with E-state index in [9.17, 15) is 4.79 Å². The maximum Gasteiger partial charge on any atom is 0.278 e. The second kappa shape index (κ2) is 5.64. The van der Waals surface area contributed by atoms with Crippen molar-refractivity contribution in [3.05, 3.63) is 47.3 Å². The third-order valence-electron chi connectivity index (χ3n) is 3.52. The van der Waals surface area contributed by atoms with Crippen molar-refractivity contribution >= 4 is 11.6 Å². The highest BCUT2D eigenvalue weighted by atomic mass is 16.2. The minimum atomic E-state index is -0.314. The molecule has 0 aromatic carbocycles. The van der Waals surface area contributed by atoms with Crippen molar-refractivity contribution in [3.8, 4) is 5.69 Å². The van der Waals surface area contributed by atoms with E-state index < -0.39 is 0 Å². The fourth-order valence-electron chi connectivity index (χ4n) is 2.30. The zero-order valence-electron chi connectivity index (χ0n) is 13.4. The lowest BCUT2D eigenvalue weighted by Gasteiger charge is -2.07. The molecule has 0 unspecified atom stereocenters. The summed E-state index contributed by atoms with van der Waals surface area (Å²) in [5, 5.41) is 14.9. The van der Waals surface area contributed by atoms with Gasteiger partial charge in [-0.3, -0.25) is 14.5 Å². The summed E-state index contributed by atoms with van der Waals surface area (Å²) in [6.07, 6.45) is 3.47. The number of carbonyl (C=O) groups excluding carboxylic acids is 1. The molecule has 0 spiro atoms. The number of nitrogens with one attached hydrogen (secondary N) is 1. The van der Waals surface area contributed by atoms with Crippen LogP contribution in [0.25, 0.3) is 5.69 Å². The summed E-state index contributed by atoms with van der Waals surface area (Å²) in [4.78, 5) is 16.8. The molecule has 3 rings (SSSR count). The van der Waals surface area contributed by atoms with Crippen molar-refractivity contribution in [2.45, 2.75) is 20.8 Å². The van der Waals surface area contributed by atoms with Gasteiger partial charge in [-0.15, -0.1) is 5.10 Å². The second-order valence-corrected chi connectivity index (χ2v) is 5.35. The summed E-state index contributed by atoms with van der Waals surface area (Å²) in [6.45, 7) is 5.55. The van der Waals surface area contributed by atoms with Gasteiger partial charge >= 0.3 is 0 Å². The number of rotatable bonds is 3. The Kier molecular flexibility index (Phi) is 3.65. The third-order valence-corrected chi connectivity index (χ3v) is 3.52. The number of carbonyl (C=O) groups is 1. The van der Waals surface area contributed by atoms with Gasteiger partial charge in [-0.25, -0.2) is 4.68 Å². The van der Waals surface area contributed by atoms with Gasteiger partial charge < -0.3 is 5.32 Å². The minimum absolute atomic E-state index is 0.272. The van der Waals surface area contributed by atoms with E-state index in [1.807, 2.05) is 33.0 Å². The molecular weight excluding hydrogens is 294 g/mol. The molecule has 0 saturated heterocycles. The van der Waals surface area contributed by atoms with Crippen molar-refractivity contribution in [2.24, 2.45) is 7.05 Å². The average Bonchev–Trinajstić information content (AvgIpc) is 3.08. The molecule has 8 nitrogen and oxygen atoms in total. The Bertz CT molecular complexity index is 878. The highest BCUT2D eigenvalue weighted by molar-refractivity contribution is 6.03. The molecule has 0 fully saturated rings. The molecule has 1 amide bonds. The predicted octanol–water partition coefficient (Wildman–Crippen LogP) is 1.57. The van der Waals surface area contributed by atoms with Crippen LogP contribution in [0.2, 0.25) is 0 Å². The minimum Gasteiger partial charge on any atom is -0.319 e. The molecule has 0 aliphatic rings. The van der Waals surface area contributed by atoms with Crippen LogP contribution in [0.15, 0.2) is 24.5 Å². The first-order chi connectivity index (χ1) is 11.0. The molecule has 3 aromatic rings. The van der Waals surface area contributed by atoms with Gasteiger partial charge in [-0.2, -0.15) is 5.10 Å². The van der Waals surface area contributed by atoms with Crippen molar-refractivity contribution in [1.82, 2.24) is 29.8 Å². The number of aromatic nitrogens is 6. The Morgan fingerprint density at radius 2 is 2.00 bits per heavy atom. The first-order valence-electron chi connectivity index (χ1n) is 7.12. The molecular formula is C15H17N7O. The van der Waals surface area contributed by atoms with Gasteiger partial charge in [-0.05, 0) is 32.9 Å². The van der Waals surface area contributed by atoms with Crippen LogP contribution in [0.5, 0.6) is 0 Å². The van der Waals surface area contributed by atoms with Gasteiger partial charge in [0.15, 0.2) is 5.69 Å². The summed E-state index contributed by atoms with van der Waals surface area (Å²) in [5.41, 5.74) is 4.00. The Hall–Kier alpha value is -3.03. The van der Waals surface area contributed by atoms with Gasteiger partial charge in [0.1, 0.15) is 5.69 Å². The molecule has 0 radical (unpaired) electrons. The lowest BCUT2D eigenvalue weighted by atomic mass is 10.2. The Labute approximate surface area is 133 Å². The van der Waals surface area contributed by atoms with Crippen LogP contribution in [0.1, 0.15) is 27.6 Å². The van der Waals surface area contributed by atoms with E-state index in [0.717, 1.165) is 17.1 Å². The molecule has 23 heavy (non-hydrogen) atoms. The van der Waals surface area contributed by atoms with E-state index in [1.54, 1.807) is 28.7 Å². The number of anilines is 1. The summed E-state index contributed by atoms with van der Waals surface area (Å²) in [6, 6.07) is 3.68. The molecule has 0 aliphatic carbocycles. The monoisotopic (exact) mass is 311 g/mol. The summed E-state index contributed by atoms with van der Waals surface area (Å²) < 4.78 is 3.25. The average molecular weight is 311 g/mol. The third kappa shape index (κ3) is 2.83. The number of amides is 1. The zero-order chi connectivity index (χ0) is 16.6. The van der Waals surface area contributed by atoms with Crippen LogP contribution in [-0.2, 0) is 7.05 Å². The van der Waals surface area contributed by atoms with E-state index in [2.05, 4.69) is 25.7 Å². The van der Waals surface area contributed by atoms with Gasteiger partial charge in [0, 0.05) is 12.7 Å². The maximum absolute atomic E-state index is 12.4. The summed E-state index contributed by atoms with van der Waals surface area (Å²) in [7, 11) is 1.82. The van der Waals surface area contributed by atoms with E-state index in [1.165, 1.54) is 0 Å². The highest BCUT2D eigenvalue weighted by Gasteiger charge is 2.18. The Balaban J connectivity index is 1.87. The summed E-state index contributed by atoms with van der Waals surface area (Å²) in [5.74, 6) is -0.314. The second-order valence-electron chi connectivity index (χ2n) is 5.35. The number of aryl methyl sites for hydroxylation is 3. The number of nitrogens with zero attached hydrogens (tertiary/aromatic N) is 6. The first-order valence-corrected chi connectivity index (χ1v) is 7.12. The largest absolute Gasteiger partial charge is 0.319 e. The van der Waals surface area contributed by atoms with Crippen LogP contribution in [0.3, 0.4) is 0 Å². The molecule has 0 aliphatic heterocycles. The van der Waals surface area contributed by atoms with Crippen molar-refractivity contribution in [1.29, 1.82) is 0 Å². The van der Waals surface area contributed by atoms with E-state index >= 15 is 0 Å². The molecule has 8 heteroatoms. The molecule has 118 valence electrons. The number of hydrogen-bond donors (Lipinski definition) is 1. The van der Waals surface area contributed by atoms with Crippen LogP contribution >= 0.6 is 0 Å². The highest BCUT2D eigenvalue weighted by Crippen LogP contribution is 2.16. The van der Waals surface area contributed by atoms with E-state index in [0.29, 0.717) is 11.4 Å². The SMILES string of the molecule is Cc1ccc(NC(=O)c2nnn(-c3cnn(C)c3)c2C)c(C)n1. The topological polar surface area (TPSA) is 90.5 Å². The van der Waals surface area contributed by atoms with Gasteiger partial charge in [0.05, 0.1) is 29.5 Å². The zero-order valence-corrected chi connectivity index (χ0v) is 13.4. The van der Waals surface area contributed by atoms with Crippen LogP contribution in [0, 0.1) is 20.8 Å². The molecule has 3 heterocycles. The lowest BCUT2D eigenvalue weighted by Crippen LogP contribution is -2.15. The molecule has 1 N–H and O–H groups in total. The van der Waals surface area contributed by atoms with Gasteiger partial charge in [0.25, 0.3) is 5.91 Å². The van der Waals surface area contributed by atoms with E-state index in [-0.39, 0.29) is 11.6 Å². The quantitative estimate of drug-likeness (QED) is 0.793. The lowest BCUT2D eigenvalue weighted by molar-refractivity contribution is 0.102. The smallest absolute Gasteiger partial charge is 0.278 e. The van der Waals surface area contributed by atoms with Gasteiger partial charge in [-0.1, -0.05) is 5.21 Å². The van der Waals surface area contributed by atoms with Crippen molar-refractivity contribution in [2.75, 3.05) is 5.32 Å². The number of pyridine rings is 1. The van der Waals surface area contributed by atoms with Crippen molar-refractivity contribution in [3.63, 3.8) is 0 Å². The molecule has 0 bridgehead atoms. The van der Waals surface area contributed by atoms with Crippen LogP contribution < -0.4 is 5.32 Å². The normalized spacial score (nSPS) is 10.8. The molecule has 0 atom stereocenters. The van der Waals surface area contributed by atoms with E-state index in [4.69, 9.17) is 0 Å². The molecule has 0 saturated carbocycles. The van der Waals surface area contributed by atoms with Crippen LogP contribution in [0.4, 0.5) is 5.69 Å². The Morgan fingerprint density at radius 3 is 2.65 bits per heavy atom. The van der Waals surface area contributed by atoms with Crippen molar-refractivity contribution < 1.29 is 4.79 Å². The predicted molar refractivity (Wildman–Crippen MR) is 84.5 cm³/mol. The maximum atomic E-state index is 12.4. The number of hydrogen-bond acceptors (Lipinski definition) is 5. The molecule has 3 aromatic heterocycles. The Morgan fingerprint density at radius 1 is 1.22 bits per heavy atom. The van der Waals surface area contributed by atoms with Crippen LogP contribution in [-0.4, -0.2) is 35.7 Å².